The number of nitrogens with one attached hydrogen (secondary N) is 1. The van der Waals surface area contributed by atoms with Gasteiger partial charge in [-0.2, -0.15) is 0 Å². The van der Waals surface area contributed by atoms with Crippen LogP contribution in [-0.2, 0) is 9.53 Å². The first-order valence-electron chi connectivity index (χ1n) is 8.26. The largest absolute Gasteiger partial charge is 0.378 e. The number of hydrogen-bond donors (Lipinski definition) is 1. The molecule has 1 N–H and O–H groups in total. The van der Waals surface area contributed by atoms with E-state index in [1.165, 1.54) is 38.4 Å². The SMILES string of the molecule is O=C(CC1CCCCC1)Nc1cc(N2CCOCC2)ncn1. The Kier molecular flexibility index (Phi) is 5.21. The van der Waals surface area contributed by atoms with E-state index in [1.807, 2.05) is 6.07 Å². The molecule has 1 amide bonds. The first-order valence-corrected chi connectivity index (χ1v) is 8.26. The number of ether oxygens (including phenoxy) is 1. The Bertz CT molecular complexity index is 497. The standard InChI is InChI=1S/C16H24N4O2/c21-16(10-13-4-2-1-3-5-13)19-14-11-15(18-12-17-14)20-6-8-22-9-7-20/h11-13H,1-10H2,(H,17,18,19,21). The average Bonchev–Trinajstić information content (AvgIpc) is 2.57. The van der Waals surface area contributed by atoms with E-state index in [4.69, 9.17) is 4.74 Å². The molecule has 0 spiro atoms. The van der Waals surface area contributed by atoms with Gasteiger partial charge in [0.25, 0.3) is 0 Å². The smallest absolute Gasteiger partial charge is 0.225 e. The molecule has 0 aromatic carbocycles. The minimum atomic E-state index is 0.0681. The molecule has 2 heterocycles. The maximum Gasteiger partial charge on any atom is 0.225 e. The summed E-state index contributed by atoms with van der Waals surface area (Å²) in [6.07, 6.45) is 8.30. The fourth-order valence-electron chi connectivity index (χ4n) is 3.23. The highest BCUT2D eigenvalue weighted by molar-refractivity contribution is 5.90. The van der Waals surface area contributed by atoms with Gasteiger partial charge in [0.05, 0.1) is 13.2 Å². The molecule has 0 atom stereocenters. The highest BCUT2D eigenvalue weighted by atomic mass is 16.5. The molecule has 0 radical (unpaired) electrons. The van der Waals surface area contributed by atoms with E-state index in [-0.39, 0.29) is 5.91 Å². The van der Waals surface area contributed by atoms with Crippen molar-refractivity contribution < 1.29 is 9.53 Å². The Balaban J connectivity index is 1.56. The summed E-state index contributed by atoms with van der Waals surface area (Å²) < 4.78 is 5.35. The van der Waals surface area contributed by atoms with Crippen molar-refractivity contribution in [3.8, 4) is 0 Å². The molecule has 2 fully saturated rings. The molecule has 1 saturated heterocycles. The number of carbonyl (C=O) groups excluding carboxylic acids is 1. The molecule has 3 rings (SSSR count). The number of rotatable bonds is 4. The van der Waals surface area contributed by atoms with Crippen molar-refractivity contribution in [3.63, 3.8) is 0 Å². The zero-order chi connectivity index (χ0) is 15.2. The number of aromatic nitrogens is 2. The van der Waals surface area contributed by atoms with Crippen LogP contribution >= 0.6 is 0 Å². The summed E-state index contributed by atoms with van der Waals surface area (Å²) >= 11 is 0. The monoisotopic (exact) mass is 304 g/mol. The van der Waals surface area contributed by atoms with Crippen molar-refractivity contribution in [3.05, 3.63) is 12.4 Å². The molecular formula is C16H24N4O2. The molecular weight excluding hydrogens is 280 g/mol. The molecule has 22 heavy (non-hydrogen) atoms. The maximum absolute atomic E-state index is 12.2. The third-order valence-corrected chi connectivity index (χ3v) is 4.45. The van der Waals surface area contributed by atoms with Gasteiger partial charge in [0.15, 0.2) is 0 Å². The second kappa shape index (κ2) is 7.54. The maximum atomic E-state index is 12.2. The second-order valence-electron chi connectivity index (χ2n) is 6.12. The van der Waals surface area contributed by atoms with Crippen LogP contribution in [0, 0.1) is 5.92 Å². The first kappa shape index (κ1) is 15.2. The van der Waals surface area contributed by atoms with Crippen molar-refractivity contribution in [1.29, 1.82) is 0 Å². The van der Waals surface area contributed by atoms with E-state index in [2.05, 4.69) is 20.2 Å². The minimum Gasteiger partial charge on any atom is -0.378 e. The third-order valence-electron chi connectivity index (χ3n) is 4.45. The Morgan fingerprint density at radius 2 is 2.00 bits per heavy atom. The van der Waals surface area contributed by atoms with Crippen LogP contribution in [0.25, 0.3) is 0 Å². The number of carbonyl (C=O) groups is 1. The lowest BCUT2D eigenvalue weighted by Crippen LogP contribution is -2.36. The van der Waals surface area contributed by atoms with Gasteiger partial charge >= 0.3 is 0 Å². The van der Waals surface area contributed by atoms with Crippen LogP contribution < -0.4 is 10.2 Å². The van der Waals surface area contributed by atoms with E-state index in [1.54, 1.807) is 0 Å². The molecule has 6 nitrogen and oxygen atoms in total. The van der Waals surface area contributed by atoms with Crippen LogP contribution in [-0.4, -0.2) is 42.2 Å². The van der Waals surface area contributed by atoms with Crippen LogP contribution in [0.5, 0.6) is 0 Å². The molecule has 1 aliphatic heterocycles. The average molecular weight is 304 g/mol. The molecule has 0 bridgehead atoms. The van der Waals surface area contributed by atoms with E-state index < -0.39 is 0 Å². The van der Waals surface area contributed by atoms with Gasteiger partial charge in [0.1, 0.15) is 18.0 Å². The third kappa shape index (κ3) is 4.16. The Morgan fingerprint density at radius 1 is 1.23 bits per heavy atom. The Hall–Kier alpha value is -1.69. The lowest BCUT2D eigenvalue weighted by Gasteiger charge is -2.27. The van der Waals surface area contributed by atoms with Crippen LogP contribution in [0.2, 0.25) is 0 Å². The molecule has 0 unspecified atom stereocenters. The van der Waals surface area contributed by atoms with Gasteiger partial charge in [0.2, 0.25) is 5.91 Å². The molecule has 1 aromatic rings. The predicted molar refractivity (Wildman–Crippen MR) is 84.9 cm³/mol. The molecule has 2 aliphatic rings. The summed E-state index contributed by atoms with van der Waals surface area (Å²) in [5, 5.41) is 2.92. The summed E-state index contributed by atoms with van der Waals surface area (Å²) in [6.45, 7) is 3.08. The highest BCUT2D eigenvalue weighted by Crippen LogP contribution is 2.26. The van der Waals surface area contributed by atoms with Gasteiger partial charge in [-0.25, -0.2) is 9.97 Å². The van der Waals surface area contributed by atoms with E-state index in [9.17, 15) is 4.79 Å². The molecule has 120 valence electrons. The Labute approximate surface area is 131 Å². The van der Waals surface area contributed by atoms with Crippen LogP contribution in [0.15, 0.2) is 12.4 Å². The Morgan fingerprint density at radius 3 is 2.77 bits per heavy atom. The van der Waals surface area contributed by atoms with Gasteiger partial charge < -0.3 is 15.0 Å². The summed E-state index contributed by atoms with van der Waals surface area (Å²) in [5.41, 5.74) is 0. The van der Waals surface area contributed by atoms with Gasteiger partial charge in [-0.05, 0) is 18.8 Å². The summed E-state index contributed by atoms with van der Waals surface area (Å²) in [6, 6.07) is 1.85. The zero-order valence-electron chi connectivity index (χ0n) is 13.0. The lowest BCUT2D eigenvalue weighted by molar-refractivity contribution is -0.117. The van der Waals surface area contributed by atoms with E-state index >= 15 is 0 Å². The van der Waals surface area contributed by atoms with Crippen molar-refractivity contribution in [2.45, 2.75) is 38.5 Å². The quantitative estimate of drug-likeness (QED) is 0.924. The second-order valence-corrected chi connectivity index (χ2v) is 6.12. The lowest BCUT2D eigenvalue weighted by atomic mass is 9.87. The zero-order valence-corrected chi connectivity index (χ0v) is 13.0. The number of hydrogen-bond acceptors (Lipinski definition) is 5. The van der Waals surface area contributed by atoms with Crippen molar-refractivity contribution in [1.82, 2.24) is 9.97 Å². The fourth-order valence-corrected chi connectivity index (χ4v) is 3.23. The normalized spacial score (nSPS) is 19.9. The molecule has 1 saturated carbocycles. The van der Waals surface area contributed by atoms with Crippen LogP contribution in [0.3, 0.4) is 0 Å². The number of nitrogens with zero attached hydrogens (tertiary/aromatic N) is 3. The molecule has 1 aliphatic carbocycles. The van der Waals surface area contributed by atoms with Crippen molar-refractivity contribution in [2.75, 3.05) is 36.5 Å². The first-order chi connectivity index (χ1) is 10.8. The molecule has 1 aromatic heterocycles. The van der Waals surface area contributed by atoms with Crippen molar-refractivity contribution in [2.24, 2.45) is 5.92 Å². The summed E-state index contributed by atoms with van der Waals surface area (Å²) in [5.74, 6) is 2.05. The minimum absolute atomic E-state index is 0.0681. The number of amides is 1. The van der Waals surface area contributed by atoms with Crippen molar-refractivity contribution >= 4 is 17.5 Å². The highest BCUT2D eigenvalue weighted by Gasteiger charge is 2.18. The summed E-state index contributed by atoms with van der Waals surface area (Å²) in [7, 11) is 0. The van der Waals surface area contributed by atoms with Crippen LogP contribution in [0.1, 0.15) is 38.5 Å². The van der Waals surface area contributed by atoms with Gasteiger partial charge in [-0.3, -0.25) is 4.79 Å². The molecule has 6 heteroatoms. The van der Waals surface area contributed by atoms with E-state index in [0.717, 1.165) is 18.9 Å². The predicted octanol–water partition coefficient (Wildman–Crippen LogP) is 2.22. The van der Waals surface area contributed by atoms with E-state index in [0.29, 0.717) is 31.4 Å². The van der Waals surface area contributed by atoms with Crippen LogP contribution in [0.4, 0.5) is 11.6 Å². The van der Waals surface area contributed by atoms with Gasteiger partial charge in [-0.1, -0.05) is 19.3 Å². The van der Waals surface area contributed by atoms with Gasteiger partial charge in [-0.15, -0.1) is 0 Å². The number of morpholine rings is 1. The topological polar surface area (TPSA) is 67.4 Å². The fraction of sp³-hybridized carbons (Fsp3) is 0.688. The van der Waals surface area contributed by atoms with Gasteiger partial charge in [0, 0.05) is 25.6 Å². The summed E-state index contributed by atoms with van der Waals surface area (Å²) in [4.78, 5) is 22.8. The number of anilines is 2.